The summed E-state index contributed by atoms with van der Waals surface area (Å²) < 4.78 is 202. The molecule has 2 atom stereocenters. The van der Waals surface area contributed by atoms with Crippen molar-refractivity contribution in [3.8, 4) is 33.8 Å². The van der Waals surface area contributed by atoms with Crippen LogP contribution in [0.5, 0.6) is 11.5 Å². The van der Waals surface area contributed by atoms with Gasteiger partial charge in [-0.05, 0) is 92.6 Å². The zero-order valence-corrected chi connectivity index (χ0v) is 35.6. The van der Waals surface area contributed by atoms with Crippen LogP contribution in [0.2, 0.25) is 0 Å². The number of tetrazole rings is 2. The van der Waals surface area contributed by atoms with E-state index in [-0.39, 0.29) is 11.1 Å². The number of benzene rings is 4. The van der Waals surface area contributed by atoms with Crippen molar-refractivity contribution in [1.29, 1.82) is 0 Å². The van der Waals surface area contributed by atoms with Crippen molar-refractivity contribution >= 4 is 0 Å². The molecule has 0 amide bonds. The minimum atomic E-state index is -4.88. The average molecular weight is 1030 g/mol. The SMILES string of the molecule is O[C@@](Cn1cnnn1)(c1ccc(F)cc1F)C(F)(F)c1ccc(-c2ccc(OC(F)(F)F)cc2)cn1.O[C@](Cn1cnnn1)(c1ccc(F)cc1F)C(F)(F)c1ccc(-c2ccc(OC(F)(F)F)cc2)cn1. The lowest BCUT2D eigenvalue weighted by Crippen LogP contribution is -2.48. The van der Waals surface area contributed by atoms with E-state index in [1.54, 1.807) is 0 Å². The van der Waals surface area contributed by atoms with Crippen molar-refractivity contribution in [2.45, 2.75) is 48.9 Å². The molecule has 0 saturated carbocycles. The molecule has 8 aromatic rings. The van der Waals surface area contributed by atoms with E-state index >= 15 is 17.6 Å². The molecule has 0 aliphatic rings. The topological polar surface area (TPSA) is 172 Å². The Morgan fingerprint density at radius 2 is 0.792 bits per heavy atom. The van der Waals surface area contributed by atoms with Crippen LogP contribution in [0.15, 0.2) is 134 Å². The van der Waals surface area contributed by atoms with E-state index in [1.807, 2.05) is 0 Å². The minimum absolute atomic E-state index is 0.255. The van der Waals surface area contributed by atoms with Gasteiger partial charge in [-0.2, -0.15) is 17.6 Å². The summed E-state index contributed by atoms with van der Waals surface area (Å²) in [5.74, 6) is -14.4. The summed E-state index contributed by atoms with van der Waals surface area (Å²) in [7, 11) is 0. The largest absolute Gasteiger partial charge is 0.573 e. The second-order valence-electron chi connectivity index (χ2n) is 15.1. The summed E-state index contributed by atoms with van der Waals surface area (Å²) >= 11 is 0. The van der Waals surface area contributed by atoms with Crippen molar-refractivity contribution in [3.63, 3.8) is 0 Å². The highest BCUT2D eigenvalue weighted by Crippen LogP contribution is 2.48. The minimum Gasteiger partial charge on any atom is -0.406 e. The molecule has 0 bridgehead atoms. The Bertz CT molecular complexity index is 2870. The van der Waals surface area contributed by atoms with Crippen LogP contribution in [0.1, 0.15) is 22.5 Å². The highest BCUT2D eigenvalue weighted by Gasteiger charge is 2.59. The van der Waals surface area contributed by atoms with Crippen LogP contribution in [0.25, 0.3) is 22.3 Å². The lowest BCUT2D eigenvalue weighted by atomic mass is 9.84. The molecule has 72 heavy (non-hydrogen) atoms. The van der Waals surface area contributed by atoms with E-state index in [0.29, 0.717) is 47.5 Å². The molecule has 4 aromatic carbocycles. The summed E-state index contributed by atoms with van der Waals surface area (Å²) in [5.41, 5.74) is -9.21. The standard InChI is InChI=1S/2C22H14F7N5O2/c2*23-15-4-7-17(18(24)9-15)20(35,11-34-12-31-32-33-34)21(25,26)19-8-3-14(10-30-19)13-1-5-16(6-2-13)36-22(27,28)29/h2*1-10,12,35H,11H2/t2*20-/m10/s1. The molecule has 14 nitrogen and oxygen atoms in total. The molecule has 0 unspecified atom stereocenters. The Labute approximate surface area is 393 Å². The molecule has 4 aromatic heterocycles. The number of ether oxygens (including phenoxy) is 2. The van der Waals surface area contributed by atoms with Crippen LogP contribution in [-0.2, 0) is 36.1 Å². The van der Waals surface area contributed by atoms with E-state index in [4.69, 9.17) is 0 Å². The van der Waals surface area contributed by atoms with Gasteiger partial charge in [-0.25, -0.2) is 26.9 Å². The Balaban J connectivity index is 0.000000211. The molecule has 0 radical (unpaired) electrons. The number of hydrogen-bond acceptors (Lipinski definition) is 12. The van der Waals surface area contributed by atoms with Gasteiger partial charge in [0.15, 0.2) is 11.2 Å². The number of pyridine rings is 2. The molecular weight excluding hydrogens is 999 g/mol. The summed E-state index contributed by atoms with van der Waals surface area (Å²) in [6.07, 6.45) is -5.90. The van der Waals surface area contributed by atoms with Gasteiger partial charge in [0, 0.05) is 46.8 Å². The maximum absolute atomic E-state index is 15.7. The lowest BCUT2D eigenvalue weighted by molar-refractivity contribution is -0.275. The van der Waals surface area contributed by atoms with Gasteiger partial charge in [0.25, 0.3) is 0 Å². The van der Waals surface area contributed by atoms with Gasteiger partial charge in [-0.1, -0.05) is 36.4 Å². The summed E-state index contributed by atoms with van der Waals surface area (Å²) in [5, 5.41) is 42.3. The van der Waals surface area contributed by atoms with Gasteiger partial charge in [0.2, 0.25) is 0 Å². The number of rotatable bonds is 14. The first-order valence-electron chi connectivity index (χ1n) is 20.0. The van der Waals surface area contributed by atoms with Crippen LogP contribution >= 0.6 is 0 Å². The molecule has 0 spiro atoms. The van der Waals surface area contributed by atoms with Crippen molar-refractivity contribution in [2.24, 2.45) is 0 Å². The zero-order chi connectivity index (χ0) is 52.3. The number of aliphatic hydroxyl groups is 2. The summed E-state index contributed by atoms with van der Waals surface area (Å²) in [6.45, 7) is -2.03. The van der Waals surface area contributed by atoms with Gasteiger partial charge >= 0.3 is 24.6 Å². The molecule has 4 heterocycles. The van der Waals surface area contributed by atoms with Gasteiger partial charge in [-0.3, -0.25) is 9.97 Å². The number of nitrogens with zero attached hydrogens (tertiary/aromatic N) is 10. The first-order valence-corrected chi connectivity index (χ1v) is 20.0. The number of alkyl halides is 10. The maximum atomic E-state index is 15.7. The second kappa shape index (κ2) is 19.9. The molecule has 8 rings (SSSR count). The van der Waals surface area contributed by atoms with Crippen LogP contribution in [0, 0.1) is 23.3 Å². The monoisotopic (exact) mass is 1030 g/mol. The molecule has 28 heteroatoms. The van der Waals surface area contributed by atoms with Gasteiger partial charge < -0.3 is 19.7 Å². The number of halogens is 14. The molecular formula is C44H28F14N10O4. The fourth-order valence-corrected chi connectivity index (χ4v) is 6.95. The Morgan fingerprint density at radius 3 is 1.07 bits per heavy atom. The van der Waals surface area contributed by atoms with Crippen molar-refractivity contribution in [1.82, 2.24) is 50.4 Å². The second-order valence-corrected chi connectivity index (χ2v) is 15.1. The first-order chi connectivity index (χ1) is 33.8. The van der Waals surface area contributed by atoms with E-state index in [0.717, 1.165) is 70.8 Å². The first kappa shape index (κ1) is 51.7. The van der Waals surface area contributed by atoms with Gasteiger partial charge in [0.05, 0.1) is 13.1 Å². The normalized spacial score (nSPS) is 13.9. The lowest BCUT2D eigenvalue weighted by Gasteiger charge is -2.35. The van der Waals surface area contributed by atoms with Gasteiger partial charge in [0.1, 0.15) is 58.8 Å². The highest BCUT2D eigenvalue weighted by atomic mass is 19.4. The highest BCUT2D eigenvalue weighted by molar-refractivity contribution is 5.64. The van der Waals surface area contributed by atoms with Crippen molar-refractivity contribution in [2.75, 3.05) is 0 Å². The third kappa shape index (κ3) is 11.4. The Kier molecular flexibility index (Phi) is 14.3. The van der Waals surface area contributed by atoms with Crippen molar-refractivity contribution in [3.05, 3.63) is 180 Å². The smallest absolute Gasteiger partial charge is 0.406 e. The summed E-state index contributed by atoms with van der Waals surface area (Å²) in [4.78, 5) is 7.40. The predicted molar refractivity (Wildman–Crippen MR) is 217 cm³/mol. The van der Waals surface area contributed by atoms with Crippen LogP contribution in [0.4, 0.5) is 61.5 Å². The van der Waals surface area contributed by atoms with E-state index in [1.165, 1.54) is 36.4 Å². The van der Waals surface area contributed by atoms with Crippen LogP contribution in [-0.4, -0.2) is 73.3 Å². The van der Waals surface area contributed by atoms with Gasteiger partial charge in [-0.15, -0.1) is 36.5 Å². The third-order valence-corrected chi connectivity index (χ3v) is 10.4. The number of aromatic nitrogens is 10. The van der Waals surface area contributed by atoms with Crippen LogP contribution < -0.4 is 9.47 Å². The molecule has 2 N–H and O–H groups in total. The molecule has 0 aliphatic heterocycles. The van der Waals surface area contributed by atoms with Crippen molar-refractivity contribution < 1.29 is 81.2 Å². The summed E-state index contributed by atoms with van der Waals surface area (Å²) in [6, 6.07) is 16.8. The van der Waals surface area contributed by atoms with E-state index in [2.05, 4.69) is 50.5 Å². The molecule has 0 fully saturated rings. The van der Waals surface area contributed by atoms with Crippen LogP contribution in [0.3, 0.4) is 0 Å². The fraction of sp³-hybridized carbons (Fsp3) is 0.182. The molecule has 0 aliphatic carbocycles. The third-order valence-electron chi connectivity index (χ3n) is 10.4. The zero-order valence-electron chi connectivity index (χ0n) is 35.6. The van der Waals surface area contributed by atoms with E-state index < -0.39 is 106 Å². The Morgan fingerprint density at radius 1 is 0.444 bits per heavy atom. The number of hydrogen-bond donors (Lipinski definition) is 2. The molecule has 376 valence electrons. The predicted octanol–water partition coefficient (Wildman–Crippen LogP) is 9.18. The fourth-order valence-electron chi connectivity index (χ4n) is 6.95. The van der Waals surface area contributed by atoms with E-state index in [9.17, 15) is 54.1 Å². The molecule has 0 saturated heterocycles. The quantitative estimate of drug-likeness (QED) is 0.0992. The average Bonchev–Trinajstić information content (AvgIpc) is 4.03. The maximum Gasteiger partial charge on any atom is 0.573 e. The Hall–Kier alpha value is -8.14.